The lowest BCUT2D eigenvalue weighted by Crippen LogP contribution is -2.45. The van der Waals surface area contributed by atoms with E-state index in [2.05, 4.69) is 44.5 Å². The molecule has 0 saturated carbocycles. The van der Waals surface area contributed by atoms with Gasteiger partial charge in [-0.05, 0) is 18.3 Å². The number of rotatable bonds is 5. The number of nitrogens with one attached hydrogen (secondary N) is 2. The van der Waals surface area contributed by atoms with Crippen LogP contribution in [-0.2, 0) is 13.6 Å². The third-order valence-corrected chi connectivity index (χ3v) is 4.11. The van der Waals surface area contributed by atoms with Crippen molar-refractivity contribution in [2.45, 2.75) is 26.8 Å². The number of piperidine rings is 1. The van der Waals surface area contributed by atoms with E-state index in [9.17, 15) is 0 Å². The Balaban J connectivity index is 0.00000264. The third kappa shape index (κ3) is 6.62. The lowest BCUT2D eigenvalue weighted by Gasteiger charge is -2.35. The van der Waals surface area contributed by atoms with Gasteiger partial charge in [-0.1, -0.05) is 13.8 Å². The number of guanidine groups is 1. The fourth-order valence-corrected chi connectivity index (χ4v) is 3.17. The van der Waals surface area contributed by atoms with E-state index < -0.39 is 0 Å². The second-order valence-corrected chi connectivity index (χ2v) is 6.36. The van der Waals surface area contributed by atoms with E-state index in [0.717, 1.165) is 36.7 Å². The van der Waals surface area contributed by atoms with Crippen LogP contribution in [-0.4, -0.2) is 58.9 Å². The van der Waals surface area contributed by atoms with Gasteiger partial charge in [-0.25, -0.2) is 4.98 Å². The molecule has 132 valence electrons. The molecule has 0 bridgehead atoms. The van der Waals surface area contributed by atoms with Gasteiger partial charge in [-0.2, -0.15) is 5.10 Å². The van der Waals surface area contributed by atoms with Crippen LogP contribution in [0.5, 0.6) is 0 Å². The van der Waals surface area contributed by atoms with Gasteiger partial charge >= 0.3 is 0 Å². The second-order valence-electron chi connectivity index (χ2n) is 6.36. The van der Waals surface area contributed by atoms with Crippen LogP contribution in [0.3, 0.4) is 0 Å². The van der Waals surface area contributed by atoms with Crippen LogP contribution in [0.4, 0.5) is 0 Å². The molecule has 2 heterocycles. The summed E-state index contributed by atoms with van der Waals surface area (Å²) in [5.74, 6) is 3.30. The molecule has 2 atom stereocenters. The van der Waals surface area contributed by atoms with Crippen molar-refractivity contribution in [3.8, 4) is 0 Å². The van der Waals surface area contributed by atoms with E-state index in [1.165, 1.54) is 19.5 Å². The zero-order valence-corrected chi connectivity index (χ0v) is 16.9. The molecule has 2 unspecified atom stereocenters. The molecule has 0 radical (unpaired) electrons. The summed E-state index contributed by atoms with van der Waals surface area (Å²) in [5.41, 5.74) is 0. The van der Waals surface area contributed by atoms with Crippen LogP contribution >= 0.6 is 24.0 Å². The number of aryl methyl sites for hydroxylation is 1. The molecule has 1 fully saturated rings. The van der Waals surface area contributed by atoms with Crippen LogP contribution < -0.4 is 10.6 Å². The molecule has 0 aliphatic carbocycles. The quantitative estimate of drug-likeness (QED) is 0.412. The van der Waals surface area contributed by atoms with Crippen LogP contribution in [0, 0.1) is 11.8 Å². The summed E-state index contributed by atoms with van der Waals surface area (Å²) in [6.45, 7) is 9.67. The van der Waals surface area contributed by atoms with Crippen molar-refractivity contribution in [1.29, 1.82) is 0 Å². The minimum absolute atomic E-state index is 0. The molecule has 1 aromatic rings. The predicted octanol–water partition coefficient (Wildman–Crippen LogP) is 1.08. The Morgan fingerprint density at radius 2 is 2.00 bits per heavy atom. The van der Waals surface area contributed by atoms with E-state index in [-0.39, 0.29) is 24.0 Å². The molecular weight excluding hydrogens is 405 g/mol. The highest BCUT2D eigenvalue weighted by Gasteiger charge is 2.21. The minimum atomic E-state index is 0. The first-order chi connectivity index (χ1) is 10.6. The molecule has 0 amide bonds. The Morgan fingerprint density at radius 1 is 1.30 bits per heavy atom. The molecule has 23 heavy (non-hydrogen) atoms. The largest absolute Gasteiger partial charge is 0.355 e. The first kappa shape index (κ1) is 20.1. The van der Waals surface area contributed by atoms with E-state index in [1.54, 1.807) is 18.1 Å². The summed E-state index contributed by atoms with van der Waals surface area (Å²) in [5, 5.41) is 10.7. The molecule has 1 aliphatic heterocycles. The Bertz CT molecular complexity index is 478. The van der Waals surface area contributed by atoms with Crippen molar-refractivity contribution in [1.82, 2.24) is 30.3 Å². The standard InChI is InChI=1S/C15H29N7.HI/c1-12-7-13(2)10-22(9-12)6-5-17-15(16-3)18-8-14-19-11-20-21(14)4;/h11-13H,5-10H2,1-4H3,(H2,16,17,18);1H. The van der Waals surface area contributed by atoms with Gasteiger partial charge < -0.3 is 15.5 Å². The van der Waals surface area contributed by atoms with Crippen molar-refractivity contribution >= 4 is 29.9 Å². The summed E-state index contributed by atoms with van der Waals surface area (Å²) >= 11 is 0. The van der Waals surface area contributed by atoms with Crippen LogP contribution in [0.1, 0.15) is 26.1 Å². The molecule has 1 saturated heterocycles. The summed E-state index contributed by atoms with van der Waals surface area (Å²) in [6.07, 6.45) is 2.91. The van der Waals surface area contributed by atoms with E-state index in [4.69, 9.17) is 0 Å². The molecule has 2 N–H and O–H groups in total. The zero-order valence-electron chi connectivity index (χ0n) is 14.6. The third-order valence-electron chi connectivity index (χ3n) is 4.11. The van der Waals surface area contributed by atoms with Crippen LogP contribution in [0.2, 0.25) is 0 Å². The topological polar surface area (TPSA) is 70.4 Å². The number of hydrogen-bond donors (Lipinski definition) is 2. The number of likely N-dealkylation sites (tertiary alicyclic amines) is 1. The highest BCUT2D eigenvalue weighted by Crippen LogP contribution is 2.20. The monoisotopic (exact) mass is 435 g/mol. The summed E-state index contributed by atoms with van der Waals surface area (Å²) in [7, 11) is 3.68. The molecule has 1 aliphatic rings. The Morgan fingerprint density at radius 3 is 2.57 bits per heavy atom. The first-order valence-electron chi connectivity index (χ1n) is 8.08. The fourth-order valence-electron chi connectivity index (χ4n) is 3.17. The van der Waals surface area contributed by atoms with Gasteiger partial charge in [0.1, 0.15) is 12.2 Å². The van der Waals surface area contributed by atoms with Crippen molar-refractivity contribution in [2.75, 3.05) is 33.2 Å². The number of nitrogens with zero attached hydrogens (tertiary/aromatic N) is 5. The Hall–Kier alpha value is -0.900. The molecule has 2 rings (SSSR count). The maximum absolute atomic E-state index is 4.25. The smallest absolute Gasteiger partial charge is 0.191 e. The molecule has 0 spiro atoms. The van der Waals surface area contributed by atoms with E-state index in [0.29, 0.717) is 6.54 Å². The van der Waals surface area contributed by atoms with Crippen molar-refractivity contribution in [3.05, 3.63) is 12.2 Å². The predicted molar refractivity (Wildman–Crippen MR) is 104 cm³/mol. The first-order valence-corrected chi connectivity index (χ1v) is 8.08. The maximum atomic E-state index is 4.25. The Kier molecular flexibility index (Phi) is 8.82. The van der Waals surface area contributed by atoms with Crippen LogP contribution in [0.15, 0.2) is 11.3 Å². The molecule has 0 aromatic carbocycles. The molecule has 1 aromatic heterocycles. The van der Waals surface area contributed by atoms with Gasteiger partial charge in [0, 0.05) is 40.3 Å². The average Bonchev–Trinajstić information content (AvgIpc) is 2.87. The lowest BCUT2D eigenvalue weighted by atomic mass is 9.92. The van der Waals surface area contributed by atoms with Gasteiger partial charge in [0.15, 0.2) is 5.96 Å². The molecular formula is C15H30IN7. The van der Waals surface area contributed by atoms with Gasteiger partial charge in [0.05, 0.1) is 6.54 Å². The van der Waals surface area contributed by atoms with Crippen LogP contribution in [0.25, 0.3) is 0 Å². The van der Waals surface area contributed by atoms with E-state index in [1.807, 2.05) is 7.05 Å². The zero-order chi connectivity index (χ0) is 15.9. The van der Waals surface area contributed by atoms with Gasteiger partial charge in [-0.15, -0.1) is 24.0 Å². The normalized spacial score (nSPS) is 22.5. The maximum Gasteiger partial charge on any atom is 0.191 e. The van der Waals surface area contributed by atoms with Gasteiger partial charge in [0.2, 0.25) is 0 Å². The highest BCUT2D eigenvalue weighted by molar-refractivity contribution is 14.0. The minimum Gasteiger partial charge on any atom is -0.355 e. The van der Waals surface area contributed by atoms with Crippen molar-refractivity contribution in [3.63, 3.8) is 0 Å². The fraction of sp³-hybridized carbons (Fsp3) is 0.800. The summed E-state index contributed by atoms with van der Waals surface area (Å²) < 4.78 is 1.76. The SMILES string of the molecule is CN=C(NCCN1CC(C)CC(C)C1)NCc1ncnn1C.I. The van der Waals surface area contributed by atoms with Gasteiger partial charge in [-0.3, -0.25) is 9.67 Å². The lowest BCUT2D eigenvalue weighted by molar-refractivity contribution is 0.143. The summed E-state index contributed by atoms with van der Waals surface area (Å²) in [4.78, 5) is 11.0. The average molecular weight is 435 g/mol. The molecule has 8 heteroatoms. The van der Waals surface area contributed by atoms with Crippen molar-refractivity contribution in [2.24, 2.45) is 23.9 Å². The number of aliphatic imine (C=N–C) groups is 1. The Labute approximate surface area is 156 Å². The number of halogens is 1. The summed E-state index contributed by atoms with van der Waals surface area (Å²) in [6, 6.07) is 0. The van der Waals surface area contributed by atoms with Crippen molar-refractivity contribution < 1.29 is 0 Å². The molecule has 7 nitrogen and oxygen atoms in total. The number of aromatic nitrogens is 3. The second kappa shape index (κ2) is 10.1. The number of hydrogen-bond acceptors (Lipinski definition) is 4. The highest BCUT2D eigenvalue weighted by atomic mass is 127. The van der Waals surface area contributed by atoms with Gasteiger partial charge in [0.25, 0.3) is 0 Å². The van der Waals surface area contributed by atoms with E-state index >= 15 is 0 Å².